The molecule has 1 aromatic carbocycles. The second-order valence-electron chi connectivity index (χ2n) is 3.83. The summed E-state index contributed by atoms with van der Waals surface area (Å²) in [5, 5.41) is 3.65. The Bertz CT molecular complexity index is 536. The molecule has 3 rings (SSSR count). The average molecular weight is 232 g/mol. The summed E-state index contributed by atoms with van der Waals surface area (Å²) < 4.78 is 16.0. The Labute approximate surface area is 98.1 Å². The number of rotatable bonds is 1. The molecule has 0 aliphatic carbocycles. The molecule has 0 saturated heterocycles. The second-order valence-corrected chi connectivity index (χ2v) is 3.83. The minimum atomic E-state index is 0.375. The first-order valence-electron chi connectivity index (χ1n) is 5.44. The van der Waals surface area contributed by atoms with E-state index in [0.29, 0.717) is 19.0 Å². The van der Waals surface area contributed by atoms with E-state index in [9.17, 15) is 0 Å². The summed E-state index contributed by atoms with van der Waals surface area (Å²) in [6, 6.07) is 5.68. The Morgan fingerprint density at radius 3 is 2.71 bits per heavy atom. The van der Waals surface area contributed by atoms with E-state index in [-0.39, 0.29) is 0 Å². The van der Waals surface area contributed by atoms with Gasteiger partial charge in [-0.25, -0.2) is 0 Å². The molecule has 5 nitrogen and oxygen atoms in total. The molecule has 0 spiro atoms. The smallest absolute Gasteiger partial charge is 0.174 e. The quantitative estimate of drug-likeness (QED) is 0.815. The van der Waals surface area contributed by atoms with E-state index < -0.39 is 0 Å². The third-order valence-electron chi connectivity index (χ3n) is 2.66. The SMILES string of the molecule is Nc1nocc1-c1ccc2c(c1)OCCCO2. The number of ether oxygens (including phenoxy) is 2. The van der Waals surface area contributed by atoms with Crippen LogP contribution in [-0.4, -0.2) is 18.4 Å². The summed E-state index contributed by atoms with van der Waals surface area (Å²) in [4.78, 5) is 0. The van der Waals surface area contributed by atoms with Crippen molar-refractivity contribution in [1.29, 1.82) is 0 Å². The van der Waals surface area contributed by atoms with Gasteiger partial charge in [0.1, 0.15) is 6.26 Å². The maximum atomic E-state index is 5.70. The summed E-state index contributed by atoms with van der Waals surface area (Å²) >= 11 is 0. The monoisotopic (exact) mass is 232 g/mol. The van der Waals surface area contributed by atoms with Gasteiger partial charge >= 0.3 is 0 Å². The summed E-state index contributed by atoms with van der Waals surface area (Å²) in [6.45, 7) is 1.34. The standard InChI is InChI=1S/C12H12N2O3/c13-12-9(7-17-14-12)8-2-3-10-11(6-8)16-5-1-4-15-10/h2-3,6-7H,1,4-5H2,(H2,13,14). The van der Waals surface area contributed by atoms with Gasteiger partial charge in [-0.3, -0.25) is 0 Å². The highest BCUT2D eigenvalue weighted by atomic mass is 16.5. The van der Waals surface area contributed by atoms with Crippen LogP contribution in [0.25, 0.3) is 11.1 Å². The van der Waals surface area contributed by atoms with Gasteiger partial charge in [-0.05, 0) is 17.7 Å². The van der Waals surface area contributed by atoms with Gasteiger partial charge in [0.05, 0.1) is 18.8 Å². The molecule has 0 saturated carbocycles. The average Bonchev–Trinajstić information content (AvgIpc) is 2.64. The first kappa shape index (κ1) is 10.0. The number of benzene rings is 1. The molecule has 0 unspecified atom stereocenters. The minimum absolute atomic E-state index is 0.375. The number of hydrogen-bond acceptors (Lipinski definition) is 5. The Morgan fingerprint density at radius 1 is 1.12 bits per heavy atom. The van der Waals surface area contributed by atoms with Crippen molar-refractivity contribution in [2.45, 2.75) is 6.42 Å². The van der Waals surface area contributed by atoms with Gasteiger partial charge in [0.2, 0.25) is 0 Å². The highest BCUT2D eigenvalue weighted by Crippen LogP contribution is 2.35. The molecule has 0 bridgehead atoms. The number of fused-ring (bicyclic) bond motifs is 1. The van der Waals surface area contributed by atoms with E-state index >= 15 is 0 Å². The number of aromatic nitrogens is 1. The van der Waals surface area contributed by atoms with Crippen LogP contribution in [0.3, 0.4) is 0 Å². The predicted octanol–water partition coefficient (Wildman–Crippen LogP) is 2.09. The normalized spacial score (nSPS) is 14.4. The van der Waals surface area contributed by atoms with Gasteiger partial charge in [0.25, 0.3) is 0 Å². The Hall–Kier alpha value is -2.17. The van der Waals surface area contributed by atoms with Gasteiger partial charge < -0.3 is 19.7 Å². The Morgan fingerprint density at radius 2 is 1.94 bits per heavy atom. The van der Waals surface area contributed by atoms with Gasteiger partial charge in [-0.2, -0.15) is 0 Å². The molecule has 88 valence electrons. The van der Waals surface area contributed by atoms with Crippen LogP contribution < -0.4 is 15.2 Å². The van der Waals surface area contributed by atoms with Gasteiger partial charge in [-0.15, -0.1) is 0 Å². The zero-order chi connectivity index (χ0) is 11.7. The van der Waals surface area contributed by atoms with E-state index in [1.54, 1.807) is 0 Å². The first-order valence-corrected chi connectivity index (χ1v) is 5.44. The van der Waals surface area contributed by atoms with Crippen molar-refractivity contribution in [2.75, 3.05) is 18.9 Å². The van der Waals surface area contributed by atoms with Crippen molar-refractivity contribution in [2.24, 2.45) is 0 Å². The van der Waals surface area contributed by atoms with E-state index in [1.165, 1.54) is 6.26 Å². The van der Waals surface area contributed by atoms with Crippen molar-refractivity contribution in [3.05, 3.63) is 24.5 Å². The van der Waals surface area contributed by atoms with E-state index in [4.69, 9.17) is 19.7 Å². The Kier molecular flexibility index (Phi) is 2.36. The van der Waals surface area contributed by atoms with Crippen LogP contribution in [0.2, 0.25) is 0 Å². The van der Waals surface area contributed by atoms with Crippen molar-refractivity contribution in [3.63, 3.8) is 0 Å². The molecule has 2 aromatic rings. The van der Waals surface area contributed by atoms with Crippen LogP contribution in [-0.2, 0) is 0 Å². The van der Waals surface area contributed by atoms with Crippen LogP contribution in [0.15, 0.2) is 29.0 Å². The van der Waals surface area contributed by atoms with Gasteiger partial charge in [0, 0.05) is 6.42 Å². The molecule has 1 aliphatic heterocycles. The molecule has 2 N–H and O–H groups in total. The maximum Gasteiger partial charge on any atom is 0.174 e. The third-order valence-corrected chi connectivity index (χ3v) is 2.66. The minimum Gasteiger partial charge on any atom is -0.490 e. The van der Waals surface area contributed by atoms with Crippen LogP contribution in [0.1, 0.15) is 6.42 Å². The molecule has 1 aromatic heterocycles. The maximum absolute atomic E-state index is 5.70. The number of nitrogens with two attached hydrogens (primary N) is 1. The molecule has 0 atom stereocenters. The third kappa shape index (κ3) is 1.80. The lowest BCUT2D eigenvalue weighted by Gasteiger charge is -2.08. The summed E-state index contributed by atoms with van der Waals surface area (Å²) in [5.41, 5.74) is 7.38. The largest absolute Gasteiger partial charge is 0.490 e. The highest BCUT2D eigenvalue weighted by molar-refractivity contribution is 5.74. The fourth-order valence-electron chi connectivity index (χ4n) is 1.79. The lowest BCUT2D eigenvalue weighted by molar-refractivity contribution is 0.297. The van der Waals surface area contributed by atoms with Crippen molar-refractivity contribution >= 4 is 5.82 Å². The molecule has 2 heterocycles. The van der Waals surface area contributed by atoms with Gasteiger partial charge in [-0.1, -0.05) is 11.2 Å². The molecule has 1 aliphatic rings. The van der Waals surface area contributed by atoms with E-state index in [0.717, 1.165) is 29.0 Å². The van der Waals surface area contributed by atoms with E-state index in [1.807, 2.05) is 18.2 Å². The van der Waals surface area contributed by atoms with Crippen molar-refractivity contribution in [3.8, 4) is 22.6 Å². The zero-order valence-electron chi connectivity index (χ0n) is 9.18. The summed E-state index contributed by atoms with van der Waals surface area (Å²) in [5.74, 6) is 1.88. The number of anilines is 1. The highest BCUT2D eigenvalue weighted by Gasteiger charge is 2.13. The summed E-state index contributed by atoms with van der Waals surface area (Å²) in [6.07, 6.45) is 2.41. The molecular weight excluding hydrogens is 220 g/mol. The molecule has 17 heavy (non-hydrogen) atoms. The molecule has 0 fully saturated rings. The second kappa shape index (κ2) is 4.01. The molecule has 5 heteroatoms. The van der Waals surface area contributed by atoms with Crippen LogP contribution in [0.5, 0.6) is 11.5 Å². The fraction of sp³-hybridized carbons (Fsp3) is 0.250. The number of hydrogen-bond donors (Lipinski definition) is 1. The molecule has 0 amide bonds. The van der Waals surface area contributed by atoms with Crippen molar-refractivity contribution in [1.82, 2.24) is 5.16 Å². The zero-order valence-corrected chi connectivity index (χ0v) is 9.18. The number of nitrogens with zero attached hydrogens (tertiary/aromatic N) is 1. The molecule has 0 radical (unpaired) electrons. The van der Waals surface area contributed by atoms with E-state index in [2.05, 4.69) is 5.16 Å². The van der Waals surface area contributed by atoms with Crippen molar-refractivity contribution < 1.29 is 14.0 Å². The predicted molar refractivity (Wildman–Crippen MR) is 62.0 cm³/mol. The topological polar surface area (TPSA) is 70.5 Å². The van der Waals surface area contributed by atoms with Crippen LogP contribution in [0, 0.1) is 0 Å². The van der Waals surface area contributed by atoms with Crippen LogP contribution in [0.4, 0.5) is 5.82 Å². The van der Waals surface area contributed by atoms with Crippen LogP contribution >= 0.6 is 0 Å². The fourth-order valence-corrected chi connectivity index (χ4v) is 1.79. The summed E-state index contributed by atoms with van der Waals surface area (Å²) in [7, 11) is 0. The van der Waals surface area contributed by atoms with Gasteiger partial charge in [0.15, 0.2) is 17.3 Å². The lowest BCUT2D eigenvalue weighted by Crippen LogP contribution is -1.97. The molecular formula is C12H12N2O3. The number of nitrogen functional groups attached to an aromatic ring is 1. The lowest BCUT2D eigenvalue weighted by atomic mass is 10.1. The Balaban J connectivity index is 2.03. The first-order chi connectivity index (χ1) is 8.34.